The predicted molar refractivity (Wildman–Crippen MR) is 284 cm³/mol. The van der Waals surface area contributed by atoms with Gasteiger partial charge in [0.25, 0.3) is 0 Å². The number of allylic oxidation sites excluding steroid dienone is 4. The smallest absolute Gasteiger partial charge is 0.306 e. The summed E-state index contributed by atoms with van der Waals surface area (Å²) in [6.07, 6.45) is 64.5. The van der Waals surface area contributed by atoms with Gasteiger partial charge in [0.1, 0.15) is 13.2 Å². The lowest BCUT2D eigenvalue weighted by Crippen LogP contribution is -2.30. The van der Waals surface area contributed by atoms with Crippen molar-refractivity contribution in [2.75, 3.05) is 13.2 Å². The van der Waals surface area contributed by atoms with E-state index in [1.54, 1.807) is 0 Å². The monoisotopic (exact) mass is 929 g/mol. The Kier molecular flexibility index (Phi) is 53.7. The molecule has 0 rings (SSSR count). The first-order valence-corrected chi connectivity index (χ1v) is 29.3. The van der Waals surface area contributed by atoms with Crippen molar-refractivity contribution in [2.24, 2.45) is 0 Å². The van der Waals surface area contributed by atoms with E-state index in [2.05, 4.69) is 45.1 Å². The molecule has 1 atom stereocenters. The second-order valence-corrected chi connectivity index (χ2v) is 19.9. The molecule has 66 heavy (non-hydrogen) atoms. The van der Waals surface area contributed by atoms with Crippen molar-refractivity contribution in [1.82, 2.24) is 0 Å². The highest BCUT2D eigenvalue weighted by atomic mass is 16.6. The summed E-state index contributed by atoms with van der Waals surface area (Å²) in [5.41, 5.74) is 0. The number of unbranched alkanes of at least 4 members (excludes halogenated alkanes) is 39. The lowest BCUT2D eigenvalue weighted by atomic mass is 10.0. The highest BCUT2D eigenvalue weighted by Gasteiger charge is 2.19. The molecule has 0 aliphatic heterocycles. The van der Waals surface area contributed by atoms with Gasteiger partial charge in [0.15, 0.2) is 6.10 Å². The number of hydrogen-bond donors (Lipinski definition) is 0. The van der Waals surface area contributed by atoms with Gasteiger partial charge in [-0.1, -0.05) is 257 Å². The normalized spacial score (nSPS) is 12.1. The number of hydrogen-bond acceptors (Lipinski definition) is 6. The van der Waals surface area contributed by atoms with Crippen molar-refractivity contribution in [2.45, 2.75) is 329 Å². The van der Waals surface area contributed by atoms with E-state index in [4.69, 9.17) is 14.2 Å². The minimum Gasteiger partial charge on any atom is -0.462 e. The topological polar surface area (TPSA) is 78.9 Å². The molecule has 0 aromatic carbocycles. The van der Waals surface area contributed by atoms with Gasteiger partial charge in [0.2, 0.25) is 0 Å². The maximum Gasteiger partial charge on any atom is 0.306 e. The Labute approximate surface area is 411 Å². The molecule has 0 aromatic heterocycles. The predicted octanol–water partition coefficient (Wildman–Crippen LogP) is 19.5. The van der Waals surface area contributed by atoms with Crippen LogP contribution in [0.1, 0.15) is 323 Å². The summed E-state index contributed by atoms with van der Waals surface area (Å²) < 4.78 is 16.9. The first-order valence-electron chi connectivity index (χ1n) is 29.3. The third-order valence-corrected chi connectivity index (χ3v) is 13.2. The van der Waals surface area contributed by atoms with E-state index in [9.17, 15) is 14.4 Å². The van der Waals surface area contributed by atoms with Gasteiger partial charge in [-0.05, 0) is 70.6 Å². The molecule has 0 bridgehead atoms. The zero-order valence-electron chi connectivity index (χ0n) is 44.5. The molecule has 0 aliphatic rings. The minimum atomic E-state index is -0.772. The van der Waals surface area contributed by atoms with Gasteiger partial charge >= 0.3 is 17.9 Å². The van der Waals surface area contributed by atoms with Crippen LogP contribution in [-0.2, 0) is 28.6 Å². The molecule has 6 heteroatoms. The lowest BCUT2D eigenvalue weighted by molar-refractivity contribution is -0.167. The second-order valence-electron chi connectivity index (χ2n) is 19.9. The Morgan fingerprint density at radius 2 is 0.500 bits per heavy atom. The first-order chi connectivity index (χ1) is 32.5. The second kappa shape index (κ2) is 55.5. The van der Waals surface area contributed by atoms with E-state index in [1.807, 2.05) is 0 Å². The van der Waals surface area contributed by atoms with Gasteiger partial charge in [-0.2, -0.15) is 0 Å². The number of esters is 3. The van der Waals surface area contributed by atoms with E-state index in [0.717, 1.165) is 64.2 Å². The Morgan fingerprint density at radius 1 is 0.288 bits per heavy atom. The fourth-order valence-electron chi connectivity index (χ4n) is 8.73. The zero-order chi connectivity index (χ0) is 47.9. The van der Waals surface area contributed by atoms with Gasteiger partial charge in [-0.3, -0.25) is 14.4 Å². The van der Waals surface area contributed by atoms with Gasteiger partial charge in [0, 0.05) is 19.3 Å². The van der Waals surface area contributed by atoms with Crippen molar-refractivity contribution in [3.63, 3.8) is 0 Å². The Balaban J connectivity index is 4.32. The van der Waals surface area contributed by atoms with Crippen LogP contribution in [0, 0.1) is 0 Å². The van der Waals surface area contributed by atoms with Crippen LogP contribution in [0.2, 0.25) is 0 Å². The molecule has 0 N–H and O–H groups in total. The van der Waals surface area contributed by atoms with Gasteiger partial charge in [0.05, 0.1) is 0 Å². The summed E-state index contributed by atoms with van der Waals surface area (Å²) in [5, 5.41) is 0. The molecule has 388 valence electrons. The Hall–Kier alpha value is -2.11. The van der Waals surface area contributed by atoms with Crippen molar-refractivity contribution in [1.29, 1.82) is 0 Å². The SMILES string of the molecule is CCCCCCCC/C=C\CCCCCCCCCCCC(=O)OCC(COC(=O)CCCCCCCCCCCCCCCC)OC(=O)CCCCCCC/C=C\CCCCCCCC. The van der Waals surface area contributed by atoms with Crippen molar-refractivity contribution < 1.29 is 28.6 Å². The average Bonchev–Trinajstić information content (AvgIpc) is 3.31. The quantitative estimate of drug-likeness (QED) is 0.0262. The van der Waals surface area contributed by atoms with E-state index in [0.29, 0.717) is 19.3 Å². The van der Waals surface area contributed by atoms with Crippen molar-refractivity contribution in [3.8, 4) is 0 Å². The number of ether oxygens (including phenoxy) is 3. The van der Waals surface area contributed by atoms with Crippen LogP contribution < -0.4 is 0 Å². The summed E-state index contributed by atoms with van der Waals surface area (Å²) in [5.74, 6) is -0.861. The maximum absolute atomic E-state index is 12.8. The molecular weight excluding hydrogens is 817 g/mol. The fraction of sp³-hybridized carbons (Fsp3) is 0.883. The van der Waals surface area contributed by atoms with Crippen LogP contribution in [0.5, 0.6) is 0 Å². The highest BCUT2D eigenvalue weighted by Crippen LogP contribution is 2.16. The van der Waals surface area contributed by atoms with Crippen LogP contribution in [0.4, 0.5) is 0 Å². The van der Waals surface area contributed by atoms with E-state index in [1.165, 1.54) is 218 Å². The highest BCUT2D eigenvalue weighted by molar-refractivity contribution is 5.71. The van der Waals surface area contributed by atoms with Crippen LogP contribution in [0.25, 0.3) is 0 Å². The average molecular weight is 930 g/mol. The maximum atomic E-state index is 12.8. The van der Waals surface area contributed by atoms with Crippen molar-refractivity contribution in [3.05, 3.63) is 24.3 Å². The molecule has 0 aromatic rings. The molecule has 0 radical (unpaired) electrons. The van der Waals surface area contributed by atoms with Crippen LogP contribution in [-0.4, -0.2) is 37.2 Å². The van der Waals surface area contributed by atoms with E-state index in [-0.39, 0.29) is 31.1 Å². The first kappa shape index (κ1) is 63.9. The van der Waals surface area contributed by atoms with E-state index < -0.39 is 6.10 Å². The molecule has 1 unspecified atom stereocenters. The lowest BCUT2D eigenvalue weighted by Gasteiger charge is -2.18. The molecule has 0 aliphatic carbocycles. The molecule has 0 saturated heterocycles. The summed E-state index contributed by atoms with van der Waals surface area (Å²) in [6, 6.07) is 0. The van der Waals surface area contributed by atoms with Crippen LogP contribution in [0.15, 0.2) is 24.3 Å². The molecule has 0 heterocycles. The number of carbonyl (C=O) groups is 3. The number of carbonyl (C=O) groups excluding carboxylic acids is 3. The van der Waals surface area contributed by atoms with Gasteiger partial charge in [-0.25, -0.2) is 0 Å². The zero-order valence-corrected chi connectivity index (χ0v) is 44.5. The summed E-state index contributed by atoms with van der Waals surface area (Å²) >= 11 is 0. The number of rotatable bonds is 54. The Morgan fingerprint density at radius 3 is 0.758 bits per heavy atom. The van der Waals surface area contributed by atoms with Crippen molar-refractivity contribution >= 4 is 17.9 Å². The third-order valence-electron chi connectivity index (χ3n) is 13.2. The minimum absolute atomic E-state index is 0.0706. The Bertz CT molecular complexity index is 1070. The summed E-state index contributed by atoms with van der Waals surface area (Å²) in [4.78, 5) is 38.1. The van der Waals surface area contributed by atoms with Gasteiger partial charge in [-0.15, -0.1) is 0 Å². The molecule has 0 saturated carbocycles. The fourth-order valence-corrected chi connectivity index (χ4v) is 8.73. The van der Waals surface area contributed by atoms with E-state index >= 15 is 0 Å². The summed E-state index contributed by atoms with van der Waals surface area (Å²) in [6.45, 7) is 6.67. The molecular formula is C60H112O6. The summed E-state index contributed by atoms with van der Waals surface area (Å²) in [7, 11) is 0. The third kappa shape index (κ3) is 52.9. The molecule has 0 amide bonds. The van der Waals surface area contributed by atoms with Crippen LogP contribution >= 0.6 is 0 Å². The van der Waals surface area contributed by atoms with Crippen LogP contribution in [0.3, 0.4) is 0 Å². The molecule has 0 spiro atoms. The molecule has 6 nitrogen and oxygen atoms in total. The molecule has 0 fully saturated rings. The standard InChI is InChI=1S/C60H112O6/c1-4-7-10-13-16-19-22-25-28-29-30-31-33-35-38-41-44-47-50-53-59(62)65-56-57(55-64-58(61)52-49-46-43-40-37-34-27-24-21-18-15-12-9-6-3)66-60(63)54-51-48-45-42-39-36-32-26-23-20-17-14-11-8-5-2/h25-26,28,32,57H,4-24,27,29-31,33-56H2,1-3H3/b28-25-,32-26-. The largest absolute Gasteiger partial charge is 0.462 e. The van der Waals surface area contributed by atoms with Gasteiger partial charge < -0.3 is 14.2 Å².